The SMILES string of the molecule is O=C(NC1CCC(/C=C/c2coc(CN3Cc4ccc(C(F)(F)F)cc4C3)cc2=O)CC1)C1CC1. The molecule has 1 aromatic carbocycles. The zero-order chi connectivity index (χ0) is 24.6. The number of halogens is 3. The summed E-state index contributed by atoms with van der Waals surface area (Å²) in [7, 11) is 0. The summed E-state index contributed by atoms with van der Waals surface area (Å²) in [6.45, 7) is 1.25. The smallest absolute Gasteiger partial charge is 0.416 e. The number of nitrogens with one attached hydrogen (secondary N) is 1. The van der Waals surface area contributed by atoms with Crippen LogP contribution in [-0.4, -0.2) is 16.8 Å². The van der Waals surface area contributed by atoms with Crippen molar-refractivity contribution < 1.29 is 22.4 Å². The number of benzene rings is 1. The maximum absolute atomic E-state index is 13.0. The molecule has 35 heavy (non-hydrogen) atoms. The fourth-order valence-electron chi connectivity index (χ4n) is 5.00. The lowest BCUT2D eigenvalue weighted by molar-refractivity contribution is -0.137. The van der Waals surface area contributed by atoms with E-state index in [0.717, 1.165) is 50.2 Å². The number of allylic oxidation sites excluding steroid dienone is 1. The van der Waals surface area contributed by atoms with E-state index in [9.17, 15) is 22.8 Å². The molecule has 2 heterocycles. The number of fused-ring (bicyclic) bond motifs is 1. The number of nitrogens with zero attached hydrogens (tertiary/aromatic N) is 1. The van der Waals surface area contributed by atoms with Gasteiger partial charge in [0.1, 0.15) is 12.0 Å². The first-order valence-electron chi connectivity index (χ1n) is 12.3. The summed E-state index contributed by atoms with van der Waals surface area (Å²) >= 11 is 0. The molecule has 5 rings (SSSR count). The van der Waals surface area contributed by atoms with E-state index in [1.165, 1.54) is 24.5 Å². The maximum atomic E-state index is 13.0. The Labute approximate surface area is 202 Å². The second kappa shape index (κ2) is 9.64. The van der Waals surface area contributed by atoms with Crippen LogP contribution in [0.5, 0.6) is 0 Å². The van der Waals surface area contributed by atoms with E-state index in [0.29, 0.717) is 42.4 Å². The summed E-state index contributed by atoms with van der Waals surface area (Å²) < 4.78 is 44.6. The van der Waals surface area contributed by atoms with Crippen molar-refractivity contribution in [2.75, 3.05) is 0 Å². The van der Waals surface area contributed by atoms with Crippen LogP contribution in [-0.2, 0) is 30.6 Å². The van der Waals surface area contributed by atoms with Gasteiger partial charge in [0.25, 0.3) is 0 Å². The van der Waals surface area contributed by atoms with Gasteiger partial charge in [-0.3, -0.25) is 14.5 Å². The van der Waals surface area contributed by atoms with Gasteiger partial charge in [-0.05, 0) is 67.7 Å². The summed E-state index contributed by atoms with van der Waals surface area (Å²) in [6, 6.07) is 5.56. The summed E-state index contributed by atoms with van der Waals surface area (Å²) in [5, 5.41) is 3.15. The molecule has 2 aliphatic carbocycles. The van der Waals surface area contributed by atoms with Crippen LogP contribution >= 0.6 is 0 Å². The van der Waals surface area contributed by atoms with Crippen LogP contribution in [0.15, 0.2) is 45.8 Å². The Balaban J connectivity index is 1.13. The van der Waals surface area contributed by atoms with Gasteiger partial charge in [0, 0.05) is 31.1 Å². The van der Waals surface area contributed by atoms with Crippen LogP contribution in [0.4, 0.5) is 13.2 Å². The van der Waals surface area contributed by atoms with Crippen molar-refractivity contribution in [3.05, 3.63) is 74.8 Å². The maximum Gasteiger partial charge on any atom is 0.416 e. The largest absolute Gasteiger partial charge is 0.467 e. The van der Waals surface area contributed by atoms with Crippen molar-refractivity contribution in [3.63, 3.8) is 0 Å². The van der Waals surface area contributed by atoms with Gasteiger partial charge in [-0.25, -0.2) is 0 Å². The first-order valence-corrected chi connectivity index (χ1v) is 12.3. The molecule has 2 fully saturated rings. The Morgan fingerprint density at radius 1 is 1.06 bits per heavy atom. The Morgan fingerprint density at radius 2 is 1.80 bits per heavy atom. The predicted molar refractivity (Wildman–Crippen MR) is 125 cm³/mol. The van der Waals surface area contributed by atoms with E-state index in [1.54, 1.807) is 0 Å². The molecule has 0 atom stereocenters. The molecule has 3 aliphatic rings. The Bertz CT molecular complexity index is 1170. The van der Waals surface area contributed by atoms with Gasteiger partial charge in [0.2, 0.25) is 5.91 Å². The van der Waals surface area contributed by atoms with Crippen molar-refractivity contribution in [2.24, 2.45) is 11.8 Å². The van der Waals surface area contributed by atoms with Crippen molar-refractivity contribution in [1.29, 1.82) is 0 Å². The summed E-state index contributed by atoms with van der Waals surface area (Å²) in [5.74, 6) is 1.29. The van der Waals surface area contributed by atoms with Crippen molar-refractivity contribution >= 4 is 12.0 Å². The van der Waals surface area contributed by atoms with Crippen LogP contribution in [0.3, 0.4) is 0 Å². The molecule has 1 aromatic heterocycles. The summed E-state index contributed by atoms with van der Waals surface area (Å²) in [6.07, 6.45) is 6.84. The van der Waals surface area contributed by atoms with Crippen molar-refractivity contribution in [1.82, 2.24) is 10.2 Å². The number of rotatable bonds is 6. The highest BCUT2D eigenvalue weighted by molar-refractivity contribution is 5.81. The summed E-state index contributed by atoms with van der Waals surface area (Å²) in [4.78, 5) is 26.5. The minimum atomic E-state index is -4.36. The second-order valence-electron chi connectivity index (χ2n) is 10.0. The van der Waals surface area contributed by atoms with E-state index in [2.05, 4.69) is 11.4 Å². The number of carbonyl (C=O) groups is 1. The third-order valence-electron chi connectivity index (χ3n) is 7.23. The standard InChI is InChI=1S/C27H29F3N2O3/c28-27(29,30)22-8-7-19-13-32(14-21(19)11-22)15-24-12-25(33)20(16-35-24)4-1-17-2-9-23(10-3-17)31-26(34)18-5-6-18/h1,4,7-8,11-12,16-18,23H,2-3,5-6,9-10,13-15H2,(H,31,34)/b4-1+. The van der Waals surface area contributed by atoms with Gasteiger partial charge in [-0.1, -0.05) is 18.2 Å². The molecule has 2 saturated carbocycles. The molecule has 186 valence electrons. The first-order chi connectivity index (χ1) is 16.7. The first kappa shape index (κ1) is 23.9. The number of hydrogen-bond acceptors (Lipinski definition) is 4. The van der Waals surface area contributed by atoms with Crippen molar-refractivity contribution in [3.8, 4) is 0 Å². The third-order valence-corrected chi connectivity index (χ3v) is 7.23. The number of alkyl halides is 3. The molecule has 1 amide bonds. The highest BCUT2D eigenvalue weighted by Crippen LogP contribution is 2.34. The van der Waals surface area contributed by atoms with Crippen LogP contribution in [0.2, 0.25) is 0 Å². The van der Waals surface area contributed by atoms with Crippen LogP contribution in [0, 0.1) is 11.8 Å². The van der Waals surface area contributed by atoms with Crippen LogP contribution in [0.25, 0.3) is 6.08 Å². The molecule has 0 saturated heterocycles. The van der Waals surface area contributed by atoms with Crippen LogP contribution in [0.1, 0.15) is 66.5 Å². The quantitative estimate of drug-likeness (QED) is 0.604. The minimum absolute atomic E-state index is 0.135. The lowest BCUT2D eigenvalue weighted by Crippen LogP contribution is -2.38. The number of amides is 1. The molecule has 5 nitrogen and oxygen atoms in total. The van der Waals surface area contributed by atoms with E-state index in [4.69, 9.17) is 4.42 Å². The van der Waals surface area contributed by atoms with Gasteiger partial charge in [0.15, 0.2) is 5.43 Å². The highest BCUT2D eigenvalue weighted by atomic mass is 19.4. The van der Waals surface area contributed by atoms with E-state index in [-0.39, 0.29) is 23.3 Å². The Morgan fingerprint density at radius 3 is 2.49 bits per heavy atom. The molecule has 0 spiro atoms. The molecule has 1 N–H and O–H groups in total. The lowest BCUT2D eigenvalue weighted by Gasteiger charge is -2.27. The normalized spacial score (nSPS) is 22.9. The van der Waals surface area contributed by atoms with Gasteiger partial charge in [-0.15, -0.1) is 0 Å². The molecule has 0 unspecified atom stereocenters. The molecular formula is C27H29F3N2O3. The average molecular weight is 487 g/mol. The van der Waals surface area contributed by atoms with Gasteiger partial charge in [-0.2, -0.15) is 13.2 Å². The second-order valence-corrected chi connectivity index (χ2v) is 10.0. The Kier molecular flexibility index (Phi) is 6.57. The molecule has 0 bridgehead atoms. The van der Waals surface area contributed by atoms with E-state index < -0.39 is 11.7 Å². The zero-order valence-corrected chi connectivity index (χ0v) is 19.4. The highest BCUT2D eigenvalue weighted by Gasteiger charge is 2.33. The third kappa shape index (κ3) is 5.86. The lowest BCUT2D eigenvalue weighted by atomic mass is 9.85. The van der Waals surface area contributed by atoms with Gasteiger partial charge >= 0.3 is 6.18 Å². The number of hydrogen-bond donors (Lipinski definition) is 1. The average Bonchev–Trinajstić information content (AvgIpc) is 3.59. The summed E-state index contributed by atoms with van der Waals surface area (Å²) in [5.41, 5.74) is 1.23. The number of carbonyl (C=O) groups excluding carboxylic acids is 1. The molecule has 0 radical (unpaired) electrons. The van der Waals surface area contributed by atoms with Crippen LogP contribution < -0.4 is 10.7 Å². The van der Waals surface area contributed by atoms with E-state index >= 15 is 0 Å². The van der Waals surface area contributed by atoms with Gasteiger partial charge < -0.3 is 9.73 Å². The predicted octanol–water partition coefficient (Wildman–Crippen LogP) is 5.27. The minimum Gasteiger partial charge on any atom is -0.467 e. The molecule has 1 aliphatic heterocycles. The fourth-order valence-corrected chi connectivity index (χ4v) is 5.00. The topological polar surface area (TPSA) is 62.6 Å². The van der Waals surface area contributed by atoms with E-state index in [1.807, 2.05) is 11.0 Å². The fraction of sp³-hybridized carbons (Fsp3) is 0.481. The molecule has 8 heteroatoms. The van der Waals surface area contributed by atoms with Gasteiger partial charge in [0.05, 0.1) is 17.7 Å². The molecular weight excluding hydrogens is 457 g/mol. The Hall–Kier alpha value is -2.87. The molecule has 2 aromatic rings. The monoisotopic (exact) mass is 486 g/mol. The zero-order valence-electron chi connectivity index (χ0n) is 19.4. The van der Waals surface area contributed by atoms with Crippen molar-refractivity contribution in [2.45, 2.75) is 70.4 Å².